The fourth-order valence-electron chi connectivity index (χ4n) is 3.21. The van der Waals surface area contributed by atoms with Gasteiger partial charge in [0.2, 0.25) is 11.8 Å². The molecule has 0 saturated heterocycles. The highest BCUT2D eigenvalue weighted by molar-refractivity contribution is 6.01. The summed E-state index contributed by atoms with van der Waals surface area (Å²) in [6, 6.07) is 7.39. The predicted octanol–water partition coefficient (Wildman–Crippen LogP) is 2.59. The fourth-order valence-corrected chi connectivity index (χ4v) is 3.21. The van der Waals surface area contributed by atoms with Crippen molar-refractivity contribution in [2.45, 2.75) is 18.9 Å². The van der Waals surface area contributed by atoms with Crippen LogP contribution in [0.15, 0.2) is 30.3 Å². The zero-order valence-corrected chi connectivity index (χ0v) is 15.8. The van der Waals surface area contributed by atoms with E-state index in [2.05, 4.69) is 10.6 Å². The van der Waals surface area contributed by atoms with Gasteiger partial charge in [0, 0.05) is 30.3 Å². The molecule has 2 aromatic carbocycles. The van der Waals surface area contributed by atoms with Gasteiger partial charge in [0.15, 0.2) is 11.5 Å². The topological polar surface area (TPSA) is 85.9 Å². The van der Waals surface area contributed by atoms with Gasteiger partial charge in [0.05, 0.1) is 27.2 Å². The van der Waals surface area contributed by atoms with Gasteiger partial charge in [-0.05, 0) is 23.8 Å². The molecular formula is C20H21FN2O5. The normalized spacial score (nSPS) is 15.3. The second kappa shape index (κ2) is 8.16. The highest BCUT2D eigenvalue weighted by Gasteiger charge is 2.31. The molecule has 7 nitrogen and oxygen atoms in total. The van der Waals surface area contributed by atoms with Crippen molar-refractivity contribution in [2.75, 3.05) is 26.6 Å². The Labute approximate surface area is 161 Å². The van der Waals surface area contributed by atoms with Crippen LogP contribution in [0.3, 0.4) is 0 Å². The van der Waals surface area contributed by atoms with Crippen molar-refractivity contribution in [1.29, 1.82) is 0 Å². The smallest absolute Gasteiger partial charge is 0.228 e. The van der Waals surface area contributed by atoms with E-state index in [9.17, 15) is 14.0 Å². The molecule has 2 amide bonds. The number of hydrogen-bond acceptors (Lipinski definition) is 5. The van der Waals surface area contributed by atoms with E-state index in [-0.39, 0.29) is 24.8 Å². The number of benzene rings is 2. The van der Waals surface area contributed by atoms with Gasteiger partial charge in [0.1, 0.15) is 11.6 Å². The summed E-state index contributed by atoms with van der Waals surface area (Å²) in [5.74, 6) is -0.297. The van der Waals surface area contributed by atoms with E-state index in [1.165, 1.54) is 39.5 Å². The number of carbonyl (C=O) groups is 2. The van der Waals surface area contributed by atoms with Gasteiger partial charge < -0.3 is 24.8 Å². The number of amides is 2. The van der Waals surface area contributed by atoms with Gasteiger partial charge in [-0.25, -0.2) is 4.39 Å². The zero-order chi connectivity index (χ0) is 20.3. The Morgan fingerprint density at radius 3 is 2.46 bits per heavy atom. The highest BCUT2D eigenvalue weighted by Crippen LogP contribution is 2.35. The minimum absolute atomic E-state index is 0.00641. The summed E-state index contributed by atoms with van der Waals surface area (Å²) < 4.78 is 29.3. The molecule has 1 aliphatic heterocycles. The van der Waals surface area contributed by atoms with Gasteiger partial charge in [-0.1, -0.05) is 6.07 Å². The van der Waals surface area contributed by atoms with Crippen LogP contribution in [0.25, 0.3) is 0 Å². The van der Waals surface area contributed by atoms with Crippen molar-refractivity contribution in [2.24, 2.45) is 0 Å². The SMILES string of the molecule is COc1cc(OC)c(OC)cc1CNC(=O)C1CC(=O)Nc2cc(F)ccc21. The van der Waals surface area contributed by atoms with E-state index < -0.39 is 11.7 Å². The van der Waals surface area contributed by atoms with Crippen molar-refractivity contribution in [3.63, 3.8) is 0 Å². The summed E-state index contributed by atoms with van der Waals surface area (Å²) >= 11 is 0. The van der Waals surface area contributed by atoms with Crippen LogP contribution in [-0.2, 0) is 16.1 Å². The lowest BCUT2D eigenvalue weighted by molar-refractivity contribution is -0.126. The van der Waals surface area contributed by atoms with Crippen LogP contribution < -0.4 is 24.8 Å². The molecular weight excluding hydrogens is 367 g/mol. The third kappa shape index (κ3) is 3.85. The average molecular weight is 388 g/mol. The summed E-state index contributed by atoms with van der Waals surface area (Å²) in [4.78, 5) is 24.7. The third-order valence-electron chi connectivity index (χ3n) is 4.61. The number of ether oxygens (including phenoxy) is 3. The monoisotopic (exact) mass is 388 g/mol. The summed E-state index contributed by atoms with van der Waals surface area (Å²) in [6.45, 7) is 0.164. The molecule has 0 saturated carbocycles. The standard InChI is InChI=1S/C20H21FN2O5/c1-26-16-9-18(28-3)17(27-2)6-11(16)10-22-20(25)14-8-19(24)23-15-7-12(21)4-5-13(14)15/h4-7,9,14H,8,10H2,1-3H3,(H,22,25)(H,23,24). The van der Waals surface area contributed by atoms with Crippen molar-refractivity contribution in [3.8, 4) is 17.2 Å². The molecule has 0 aliphatic carbocycles. The number of carbonyl (C=O) groups excluding carboxylic acids is 2. The number of hydrogen-bond donors (Lipinski definition) is 2. The van der Waals surface area contributed by atoms with Crippen molar-refractivity contribution in [3.05, 3.63) is 47.3 Å². The number of halogens is 1. The predicted molar refractivity (Wildman–Crippen MR) is 100 cm³/mol. The van der Waals surface area contributed by atoms with Gasteiger partial charge in [-0.3, -0.25) is 9.59 Å². The lowest BCUT2D eigenvalue weighted by Crippen LogP contribution is -2.34. The molecule has 148 valence electrons. The minimum atomic E-state index is -0.699. The fraction of sp³-hybridized carbons (Fsp3) is 0.300. The molecule has 0 fully saturated rings. The maximum atomic E-state index is 13.4. The largest absolute Gasteiger partial charge is 0.496 e. The molecule has 1 aliphatic rings. The molecule has 0 spiro atoms. The third-order valence-corrected chi connectivity index (χ3v) is 4.61. The summed E-state index contributed by atoms with van der Waals surface area (Å²) in [5.41, 5.74) is 1.59. The van der Waals surface area contributed by atoms with Gasteiger partial charge in [-0.2, -0.15) is 0 Å². The Kier molecular flexibility index (Phi) is 5.67. The summed E-state index contributed by atoms with van der Waals surface area (Å²) in [5, 5.41) is 5.42. The maximum Gasteiger partial charge on any atom is 0.228 e. The highest BCUT2D eigenvalue weighted by atomic mass is 19.1. The Morgan fingerprint density at radius 2 is 1.79 bits per heavy atom. The molecule has 1 atom stereocenters. The van der Waals surface area contributed by atoms with Crippen molar-refractivity contribution in [1.82, 2.24) is 5.32 Å². The lowest BCUT2D eigenvalue weighted by atomic mass is 9.89. The van der Waals surface area contributed by atoms with Crippen LogP contribution >= 0.6 is 0 Å². The molecule has 0 aromatic heterocycles. The molecule has 0 bridgehead atoms. The van der Waals surface area contributed by atoms with Gasteiger partial charge in [0.25, 0.3) is 0 Å². The van der Waals surface area contributed by atoms with Crippen LogP contribution in [-0.4, -0.2) is 33.1 Å². The first-order valence-corrected chi connectivity index (χ1v) is 8.62. The zero-order valence-electron chi connectivity index (χ0n) is 15.8. The van der Waals surface area contributed by atoms with E-state index in [1.54, 1.807) is 12.1 Å². The molecule has 8 heteroatoms. The summed E-state index contributed by atoms with van der Waals surface area (Å²) in [6.07, 6.45) is -0.00641. The first kappa shape index (κ1) is 19.5. The average Bonchev–Trinajstić information content (AvgIpc) is 2.70. The van der Waals surface area contributed by atoms with E-state index in [0.29, 0.717) is 34.1 Å². The van der Waals surface area contributed by atoms with Crippen LogP contribution in [0, 0.1) is 5.82 Å². The van der Waals surface area contributed by atoms with Crippen LogP contribution in [0.4, 0.5) is 10.1 Å². The van der Waals surface area contributed by atoms with E-state index in [4.69, 9.17) is 14.2 Å². The molecule has 1 heterocycles. The second-order valence-corrected chi connectivity index (χ2v) is 6.27. The number of methoxy groups -OCH3 is 3. The molecule has 3 rings (SSSR count). The first-order valence-electron chi connectivity index (χ1n) is 8.62. The van der Waals surface area contributed by atoms with E-state index >= 15 is 0 Å². The number of nitrogens with one attached hydrogen (secondary N) is 2. The van der Waals surface area contributed by atoms with Gasteiger partial charge >= 0.3 is 0 Å². The Morgan fingerprint density at radius 1 is 1.11 bits per heavy atom. The Bertz CT molecular complexity index is 916. The van der Waals surface area contributed by atoms with Crippen LogP contribution in [0.2, 0.25) is 0 Å². The number of anilines is 1. The number of rotatable bonds is 6. The molecule has 2 N–H and O–H groups in total. The minimum Gasteiger partial charge on any atom is -0.496 e. The van der Waals surface area contributed by atoms with Crippen molar-refractivity contribution < 1.29 is 28.2 Å². The van der Waals surface area contributed by atoms with E-state index in [0.717, 1.165) is 0 Å². The molecule has 1 unspecified atom stereocenters. The molecule has 2 aromatic rings. The second-order valence-electron chi connectivity index (χ2n) is 6.27. The van der Waals surface area contributed by atoms with Gasteiger partial charge in [-0.15, -0.1) is 0 Å². The Hall–Kier alpha value is -3.29. The molecule has 0 radical (unpaired) electrons. The quantitative estimate of drug-likeness (QED) is 0.795. The summed E-state index contributed by atoms with van der Waals surface area (Å²) in [7, 11) is 4.55. The number of fused-ring (bicyclic) bond motifs is 1. The van der Waals surface area contributed by atoms with Crippen LogP contribution in [0.1, 0.15) is 23.5 Å². The van der Waals surface area contributed by atoms with E-state index in [1.807, 2.05) is 0 Å². The molecule has 28 heavy (non-hydrogen) atoms. The maximum absolute atomic E-state index is 13.4. The van der Waals surface area contributed by atoms with Crippen molar-refractivity contribution >= 4 is 17.5 Å². The first-order chi connectivity index (χ1) is 13.5. The lowest BCUT2D eigenvalue weighted by Gasteiger charge is -2.25. The van der Waals surface area contributed by atoms with Crippen LogP contribution in [0.5, 0.6) is 17.2 Å². The Balaban J connectivity index is 1.81.